The molecule has 2 aromatic rings. The van der Waals surface area contributed by atoms with Crippen molar-refractivity contribution in [3.63, 3.8) is 0 Å². The maximum absolute atomic E-state index is 5.90. The molecule has 1 unspecified atom stereocenters. The van der Waals surface area contributed by atoms with E-state index in [-0.39, 0.29) is 5.41 Å². The van der Waals surface area contributed by atoms with E-state index in [0.717, 1.165) is 40.6 Å². The summed E-state index contributed by atoms with van der Waals surface area (Å²) in [7, 11) is 0. The number of nitrogens with zero attached hydrogens (tertiary/aromatic N) is 3. The number of nitrogens with two attached hydrogens (primary N) is 1. The molecule has 1 aliphatic rings. The van der Waals surface area contributed by atoms with Crippen molar-refractivity contribution in [1.82, 2.24) is 15.2 Å². The lowest BCUT2D eigenvalue weighted by Crippen LogP contribution is -2.46. The van der Waals surface area contributed by atoms with E-state index in [9.17, 15) is 0 Å². The smallest absolute Gasteiger partial charge is 0.245 e. The third-order valence-electron chi connectivity index (χ3n) is 3.86. The highest BCUT2D eigenvalue weighted by atomic mass is 79.9. The number of anilines is 1. The van der Waals surface area contributed by atoms with Crippen LogP contribution >= 0.6 is 27.3 Å². The molecule has 20 heavy (non-hydrogen) atoms. The highest BCUT2D eigenvalue weighted by Crippen LogP contribution is 2.33. The zero-order valence-corrected chi connectivity index (χ0v) is 13.8. The molecule has 0 aromatic carbocycles. The normalized spacial score (nSPS) is 23.2. The number of rotatable bonds is 3. The van der Waals surface area contributed by atoms with Gasteiger partial charge in [-0.2, -0.15) is 4.98 Å². The maximum atomic E-state index is 5.90. The molecule has 0 radical (unpaired) electrons. The van der Waals surface area contributed by atoms with Crippen LogP contribution in [-0.4, -0.2) is 34.8 Å². The predicted molar refractivity (Wildman–Crippen MR) is 86.0 cm³/mol. The van der Waals surface area contributed by atoms with Crippen LogP contribution in [-0.2, 0) is 0 Å². The van der Waals surface area contributed by atoms with Crippen LogP contribution in [0.15, 0.2) is 15.9 Å². The molecule has 0 amide bonds. The summed E-state index contributed by atoms with van der Waals surface area (Å²) in [4.78, 5) is 7.96. The fourth-order valence-corrected chi connectivity index (χ4v) is 4.11. The molecular formula is C13H18BrN5S. The molecule has 0 spiro atoms. The Balaban J connectivity index is 1.82. The second kappa shape index (κ2) is 5.46. The van der Waals surface area contributed by atoms with Crippen molar-refractivity contribution >= 4 is 33.2 Å². The summed E-state index contributed by atoms with van der Waals surface area (Å²) in [6, 6.07) is 2.02. The summed E-state index contributed by atoms with van der Waals surface area (Å²) in [5.74, 6) is 1.60. The SMILES string of the molecule is CC1(CN)CCCN(c2n[nH]c(-c3sccc3Br)n2)C1. The second-order valence-corrected chi connectivity index (χ2v) is 7.39. The third kappa shape index (κ3) is 2.62. The van der Waals surface area contributed by atoms with Crippen LogP contribution in [0.3, 0.4) is 0 Å². The van der Waals surface area contributed by atoms with Crippen LogP contribution in [0.25, 0.3) is 10.7 Å². The van der Waals surface area contributed by atoms with E-state index in [0.29, 0.717) is 6.54 Å². The molecule has 3 N–H and O–H groups in total. The zero-order valence-electron chi connectivity index (χ0n) is 11.4. The molecule has 3 rings (SSSR count). The van der Waals surface area contributed by atoms with Crippen LogP contribution in [0.4, 0.5) is 5.95 Å². The Bertz CT molecular complexity index is 595. The minimum atomic E-state index is 0.169. The predicted octanol–water partition coefficient (Wildman–Crippen LogP) is 2.86. The number of aromatic nitrogens is 3. The van der Waals surface area contributed by atoms with E-state index in [2.05, 4.69) is 42.9 Å². The first kappa shape index (κ1) is 14.0. The fourth-order valence-electron chi connectivity index (χ4n) is 2.61. The van der Waals surface area contributed by atoms with Crippen molar-refractivity contribution < 1.29 is 0 Å². The summed E-state index contributed by atoms with van der Waals surface area (Å²) in [5.41, 5.74) is 6.07. The van der Waals surface area contributed by atoms with Crippen LogP contribution in [0.1, 0.15) is 19.8 Å². The van der Waals surface area contributed by atoms with Crippen LogP contribution < -0.4 is 10.6 Å². The lowest BCUT2D eigenvalue weighted by molar-refractivity contribution is 0.270. The largest absolute Gasteiger partial charge is 0.339 e. The first-order chi connectivity index (χ1) is 9.61. The average Bonchev–Trinajstić information content (AvgIpc) is 3.07. The molecule has 108 valence electrons. The van der Waals surface area contributed by atoms with Crippen molar-refractivity contribution in [3.05, 3.63) is 15.9 Å². The number of thiophene rings is 1. The van der Waals surface area contributed by atoms with E-state index in [1.807, 2.05) is 11.4 Å². The quantitative estimate of drug-likeness (QED) is 0.887. The summed E-state index contributed by atoms with van der Waals surface area (Å²) >= 11 is 5.18. The van der Waals surface area contributed by atoms with Gasteiger partial charge in [0.15, 0.2) is 5.82 Å². The molecule has 3 heterocycles. The molecule has 1 saturated heterocycles. The Kier molecular flexibility index (Phi) is 3.83. The van der Waals surface area contributed by atoms with Gasteiger partial charge >= 0.3 is 0 Å². The van der Waals surface area contributed by atoms with Gasteiger partial charge < -0.3 is 10.6 Å². The lowest BCUT2D eigenvalue weighted by atomic mass is 9.82. The minimum Gasteiger partial charge on any atom is -0.339 e. The van der Waals surface area contributed by atoms with Crippen LogP contribution in [0.5, 0.6) is 0 Å². The molecule has 0 aliphatic carbocycles. The van der Waals surface area contributed by atoms with Gasteiger partial charge in [-0.25, -0.2) is 0 Å². The number of piperidine rings is 1. The standard InChI is InChI=1S/C13H18BrN5S/c1-13(7-15)4-2-5-19(8-13)12-16-11(17-18-12)10-9(14)3-6-20-10/h3,6H,2,4-5,7-8,15H2,1H3,(H,16,17,18). The molecule has 2 aromatic heterocycles. The van der Waals surface area contributed by atoms with Gasteiger partial charge in [0.1, 0.15) is 0 Å². The Hall–Kier alpha value is -0.920. The summed E-state index contributed by atoms with van der Waals surface area (Å²) < 4.78 is 1.05. The molecular weight excluding hydrogens is 338 g/mol. The van der Waals surface area contributed by atoms with Crippen molar-refractivity contribution in [2.45, 2.75) is 19.8 Å². The van der Waals surface area contributed by atoms with Crippen LogP contribution in [0, 0.1) is 5.41 Å². The fraction of sp³-hybridized carbons (Fsp3) is 0.538. The molecule has 0 bridgehead atoms. The molecule has 1 aliphatic heterocycles. The van der Waals surface area contributed by atoms with Crippen molar-refractivity contribution in [2.75, 3.05) is 24.5 Å². The third-order valence-corrected chi connectivity index (χ3v) is 5.71. The number of aromatic amines is 1. The summed E-state index contributed by atoms with van der Waals surface area (Å²) in [6.07, 6.45) is 2.31. The van der Waals surface area contributed by atoms with Gasteiger partial charge in [0, 0.05) is 17.6 Å². The van der Waals surface area contributed by atoms with Gasteiger partial charge in [-0.05, 0) is 52.2 Å². The van der Waals surface area contributed by atoms with Crippen LogP contribution in [0.2, 0.25) is 0 Å². The van der Waals surface area contributed by atoms with Gasteiger partial charge in [0.25, 0.3) is 0 Å². The zero-order chi connectivity index (χ0) is 14.2. The van der Waals surface area contributed by atoms with Gasteiger partial charge in [0.05, 0.1) is 4.88 Å². The number of H-pyrrole nitrogens is 1. The number of nitrogens with one attached hydrogen (secondary N) is 1. The summed E-state index contributed by atoms with van der Waals surface area (Å²) in [6.45, 7) is 4.87. The van der Waals surface area contributed by atoms with E-state index >= 15 is 0 Å². The van der Waals surface area contributed by atoms with E-state index in [1.54, 1.807) is 11.3 Å². The van der Waals surface area contributed by atoms with Gasteiger partial charge in [0.2, 0.25) is 5.95 Å². The topological polar surface area (TPSA) is 70.8 Å². The second-order valence-electron chi connectivity index (χ2n) is 5.62. The Morgan fingerprint density at radius 1 is 1.60 bits per heavy atom. The Morgan fingerprint density at radius 3 is 3.15 bits per heavy atom. The van der Waals surface area contributed by atoms with Crippen molar-refractivity contribution in [1.29, 1.82) is 0 Å². The molecule has 0 saturated carbocycles. The maximum Gasteiger partial charge on any atom is 0.245 e. The van der Waals surface area contributed by atoms with Crippen molar-refractivity contribution in [2.24, 2.45) is 11.1 Å². The van der Waals surface area contributed by atoms with E-state index in [1.165, 1.54) is 6.42 Å². The molecule has 7 heteroatoms. The Labute approximate surface area is 130 Å². The highest BCUT2D eigenvalue weighted by molar-refractivity contribution is 9.10. The average molecular weight is 356 g/mol. The summed E-state index contributed by atoms with van der Waals surface area (Å²) in [5, 5.41) is 9.45. The number of halogens is 1. The lowest BCUT2D eigenvalue weighted by Gasteiger charge is -2.39. The minimum absolute atomic E-state index is 0.169. The van der Waals surface area contributed by atoms with Gasteiger partial charge in [-0.15, -0.1) is 16.4 Å². The molecule has 5 nitrogen and oxygen atoms in total. The first-order valence-electron chi connectivity index (χ1n) is 6.72. The molecule has 1 fully saturated rings. The van der Waals surface area contributed by atoms with E-state index in [4.69, 9.17) is 5.73 Å². The highest BCUT2D eigenvalue weighted by Gasteiger charge is 2.31. The van der Waals surface area contributed by atoms with Crippen molar-refractivity contribution in [3.8, 4) is 10.7 Å². The first-order valence-corrected chi connectivity index (χ1v) is 8.39. The number of hydrogen-bond acceptors (Lipinski definition) is 5. The molecule has 1 atom stereocenters. The monoisotopic (exact) mass is 355 g/mol. The Morgan fingerprint density at radius 2 is 2.45 bits per heavy atom. The van der Waals surface area contributed by atoms with Gasteiger partial charge in [-0.3, -0.25) is 5.10 Å². The van der Waals surface area contributed by atoms with E-state index < -0.39 is 0 Å². The van der Waals surface area contributed by atoms with Gasteiger partial charge in [-0.1, -0.05) is 6.92 Å². The number of hydrogen-bond donors (Lipinski definition) is 2.